The van der Waals surface area contributed by atoms with Gasteiger partial charge in [-0.1, -0.05) is 54.6 Å². The fourth-order valence-electron chi connectivity index (χ4n) is 1.78. The lowest BCUT2D eigenvalue weighted by Crippen LogP contribution is -2.02. The van der Waals surface area contributed by atoms with Crippen molar-refractivity contribution in [2.24, 2.45) is 0 Å². The smallest absolute Gasteiger partial charge is 0.146 e. The average molecular weight is 241 g/mol. The number of nitrogens with one attached hydrogen (secondary N) is 1. The maximum atomic E-state index is 13.5. The zero-order chi connectivity index (χ0) is 12.8. The van der Waals surface area contributed by atoms with Crippen molar-refractivity contribution in [1.29, 1.82) is 0 Å². The Bertz CT molecular complexity index is 512. The third-order valence-corrected chi connectivity index (χ3v) is 2.73. The van der Waals surface area contributed by atoms with Crippen LogP contribution in [0.4, 0.5) is 10.1 Å². The Morgan fingerprint density at radius 3 is 2.56 bits per heavy atom. The Morgan fingerprint density at radius 2 is 1.83 bits per heavy atom. The van der Waals surface area contributed by atoms with Gasteiger partial charge in [-0.2, -0.15) is 0 Å². The SMILES string of the molecule is Cc1cccc(F)c1NC/C=C/c1ccccc1. The van der Waals surface area contributed by atoms with E-state index in [2.05, 4.69) is 5.32 Å². The molecule has 0 bridgehead atoms. The first kappa shape index (κ1) is 12.4. The van der Waals surface area contributed by atoms with Gasteiger partial charge in [0, 0.05) is 6.54 Å². The first-order valence-electron chi connectivity index (χ1n) is 5.98. The first-order chi connectivity index (χ1) is 8.77. The van der Waals surface area contributed by atoms with Gasteiger partial charge in [-0.05, 0) is 24.1 Å². The van der Waals surface area contributed by atoms with Gasteiger partial charge >= 0.3 is 0 Å². The van der Waals surface area contributed by atoms with Gasteiger partial charge in [-0.25, -0.2) is 4.39 Å². The summed E-state index contributed by atoms with van der Waals surface area (Å²) < 4.78 is 13.5. The molecule has 0 saturated carbocycles. The van der Waals surface area contributed by atoms with Crippen LogP contribution in [0.5, 0.6) is 0 Å². The summed E-state index contributed by atoms with van der Waals surface area (Å²) in [5.41, 5.74) is 2.64. The van der Waals surface area contributed by atoms with Crippen LogP contribution in [0.25, 0.3) is 6.08 Å². The molecule has 0 saturated heterocycles. The molecule has 0 amide bonds. The molecule has 2 aromatic carbocycles. The summed E-state index contributed by atoms with van der Waals surface area (Å²) in [6.07, 6.45) is 4.00. The van der Waals surface area contributed by atoms with Crippen LogP contribution in [-0.4, -0.2) is 6.54 Å². The average Bonchev–Trinajstić information content (AvgIpc) is 2.38. The van der Waals surface area contributed by atoms with E-state index in [1.54, 1.807) is 6.07 Å². The molecule has 92 valence electrons. The zero-order valence-corrected chi connectivity index (χ0v) is 10.4. The number of para-hydroxylation sites is 1. The summed E-state index contributed by atoms with van der Waals surface area (Å²) in [5.74, 6) is -0.205. The largest absolute Gasteiger partial charge is 0.379 e. The third-order valence-electron chi connectivity index (χ3n) is 2.73. The molecular formula is C16H16FN. The highest BCUT2D eigenvalue weighted by Crippen LogP contribution is 2.18. The monoisotopic (exact) mass is 241 g/mol. The van der Waals surface area contributed by atoms with Crippen LogP contribution in [0, 0.1) is 12.7 Å². The van der Waals surface area contributed by atoms with Gasteiger partial charge in [0.25, 0.3) is 0 Å². The van der Waals surface area contributed by atoms with E-state index in [1.807, 2.05) is 55.5 Å². The molecule has 0 aliphatic carbocycles. The fraction of sp³-hybridized carbons (Fsp3) is 0.125. The van der Waals surface area contributed by atoms with Crippen LogP contribution in [0.2, 0.25) is 0 Å². The molecule has 1 N–H and O–H groups in total. The van der Waals surface area contributed by atoms with Crippen molar-refractivity contribution in [1.82, 2.24) is 0 Å². The van der Waals surface area contributed by atoms with Crippen LogP contribution in [0.1, 0.15) is 11.1 Å². The molecule has 0 radical (unpaired) electrons. The quantitative estimate of drug-likeness (QED) is 0.843. The van der Waals surface area contributed by atoms with E-state index in [1.165, 1.54) is 6.07 Å². The molecule has 0 unspecified atom stereocenters. The van der Waals surface area contributed by atoms with E-state index in [4.69, 9.17) is 0 Å². The Morgan fingerprint density at radius 1 is 1.06 bits per heavy atom. The van der Waals surface area contributed by atoms with E-state index in [-0.39, 0.29) is 5.82 Å². The van der Waals surface area contributed by atoms with Crippen molar-refractivity contribution in [2.75, 3.05) is 11.9 Å². The molecule has 0 spiro atoms. The van der Waals surface area contributed by atoms with E-state index < -0.39 is 0 Å². The number of benzene rings is 2. The minimum Gasteiger partial charge on any atom is -0.379 e. The molecule has 0 aromatic heterocycles. The molecular weight excluding hydrogens is 225 g/mol. The molecule has 0 aliphatic rings. The van der Waals surface area contributed by atoms with Crippen molar-refractivity contribution in [3.63, 3.8) is 0 Å². The van der Waals surface area contributed by atoms with Crippen molar-refractivity contribution in [3.05, 3.63) is 71.6 Å². The standard InChI is InChI=1S/C16H16FN/c1-13-7-5-11-15(17)16(13)18-12-6-10-14-8-3-2-4-9-14/h2-11,18H,12H2,1H3/b10-6+. The Hall–Kier alpha value is -2.09. The van der Waals surface area contributed by atoms with Gasteiger partial charge in [-0.15, -0.1) is 0 Å². The van der Waals surface area contributed by atoms with Crippen LogP contribution in [-0.2, 0) is 0 Å². The van der Waals surface area contributed by atoms with E-state index in [9.17, 15) is 4.39 Å². The second kappa shape index (κ2) is 6.01. The van der Waals surface area contributed by atoms with Crippen molar-refractivity contribution < 1.29 is 4.39 Å². The van der Waals surface area contributed by atoms with Crippen molar-refractivity contribution in [3.8, 4) is 0 Å². The van der Waals surface area contributed by atoms with E-state index >= 15 is 0 Å². The van der Waals surface area contributed by atoms with Gasteiger partial charge < -0.3 is 5.32 Å². The number of aryl methyl sites for hydroxylation is 1. The van der Waals surface area contributed by atoms with Crippen molar-refractivity contribution in [2.45, 2.75) is 6.92 Å². The van der Waals surface area contributed by atoms with Gasteiger partial charge in [0.05, 0.1) is 5.69 Å². The summed E-state index contributed by atoms with van der Waals surface area (Å²) in [5, 5.41) is 3.09. The lowest BCUT2D eigenvalue weighted by atomic mass is 10.2. The molecule has 0 atom stereocenters. The van der Waals surface area contributed by atoms with E-state index in [0.29, 0.717) is 12.2 Å². The summed E-state index contributed by atoms with van der Waals surface area (Å²) in [6, 6.07) is 15.1. The minimum absolute atomic E-state index is 0.205. The summed E-state index contributed by atoms with van der Waals surface area (Å²) in [4.78, 5) is 0. The maximum absolute atomic E-state index is 13.5. The topological polar surface area (TPSA) is 12.0 Å². The minimum atomic E-state index is -0.205. The highest BCUT2D eigenvalue weighted by molar-refractivity contribution is 5.54. The lowest BCUT2D eigenvalue weighted by molar-refractivity contribution is 0.630. The van der Waals surface area contributed by atoms with Crippen LogP contribution in [0.3, 0.4) is 0 Å². The molecule has 2 heteroatoms. The Kier molecular flexibility index (Phi) is 4.13. The highest BCUT2D eigenvalue weighted by atomic mass is 19.1. The second-order valence-electron chi connectivity index (χ2n) is 4.13. The molecule has 0 fully saturated rings. The number of rotatable bonds is 4. The maximum Gasteiger partial charge on any atom is 0.146 e. The number of hydrogen-bond donors (Lipinski definition) is 1. The second-order valence-corrected chi connectivity index (χ2v) is 4.13. The molecule has 0 heterocycles. The normalized spacial score (nSPS) is 10.8. The fourth-order valence-corrected chi connectivity index (χ4v) is 1.78. The van der Waals surface area contributed by atoms with Crippen LogP contribution < -0.4 is 5.32 Å². The highest BCUT2D eigenvalue weighted by Gasteiger charge is 2.02. The number of halogens is 1. The van der Waals surface area contributed by atoms with Crippen molar-refractivity contribution >= 4 is 11.8 Å². The van der Waals surface area contributed by atoms with Crippen LogP contribution >= 0.6 is 0 Å². The van der Waals surface area contributed by atoms with Crippen LogP contribution in [0.15, 0.2) is 54.6 Å². The predicted molar refractivity (Wildman–Crippen MR) is 75.1 cm³/mol. The third kappa shape index (κ3) is 3.20. The first-order valence-corrected chi connectivity index (χ1v) is 5.98. The predicted octanol–water partition coefficient (Wildman–Crippen LogP) is 4.26. The zero-order valence-electron chi connectivity index (χ0n) is 10.4. The molecule has 2 aromatic rings. The van der Waals surface area contributed by atoms with Gasteiger partial charge in [-0.3, -0.25) is 0 Å². The molecule has 0 aliphatic heterocycles. The van der Waals surface area contributed by atoms with Gasteiger partial charge in [0.15, 0.2) is 0 Å². The van der Waals surface area contributed by atoms with Gasteiger partial charge in [0.2, 0.25) is 0 Å². The Labute approximate surface area is 107 Å². The summed E-state index contributed by atoms with van der Waals surface area (Å²) in [7, 11) is 0. The van der Waals surface area contributed by atoms with E-state index in [0.717, 1.165) is 11.1 Å². The molecule has 18 heavy (non-hydrogen) atoms. The lowest BCUT2D eigenvalue weighted by Gasteiger charge is -2.08. The van der Waals surface area contributed by atoms with Gasteiger partial charge in [0.1, 0.15) is 5.82 Å². The molecule has 1 nitrogen and oxygen atoms in total. The Balaban J connectivity index is 1.95. The summed E-state index contributed by atoms with van der Waals surface area (Å²) in [6.45, 7) is 2.50. The molecule has 2 rings (SSSR count). The summed E-state index contributed by atoms with van der Waals surface area (Å²) >= 11 is 0. The number of anilines is 1. The number of hydrogen-bond acceptors (Lipinski definition) is 1.